The van der Waals surface area contributed by atoms with Crippen LogP contribution in [-0.2, 0) is 0 Å². The Morgan fingerprint density at radius 1 is 1.35 bits per heavy atom. The number of aliphatic hydroxyl groups is 1. The van der Waals surface area contributed by atoms with Gasteiger partial charge in [-0.05, 0) is 37.3 Å². The minimum atomic E-state index is -0.552. The summed E-state index contributed by atoms with van der Waals surface area (Å²) in [6, 6.07) is 1.59. The molecule has 6 heteroatoms. The van der Waals surface area contributed by atoms with Crippen LogP contribution in [0.5, 0.6) is 0 Å². The summed E-state index contributed by atoms with van der Waals surface area (Å²) in [6.07, 6.45) is 7.28. The van der Waals surface area contributed by atoms with E-state index in [1.807, 2.05) is 0 Å². The van der Waals surface area contributed by atoms with E-state index in [0.717, 1.165) is 12.8 Å². The number of rotatable bonds is 6. The molecule has 23 heavy (non-hydrogen) atoms. The number of pyridine rings is 1. The van der Waals surface area contributed by atoms with Crippen LogP contribution in [0, 0.1) is 12.8 Å². The van der Waals surface area contributed by atoms with Crippen molar-refractivity contribution in [2.75, 3.05) is 19.7 Å². The van der Waals surface area contributed by atoms with Crippen molar-refractivity contribution in [2.45, 2.75) is 39.0 Å². The lowest BCUT2D eigenvalue weighted by Crippen LogP contribution is -2.38. The van der Waals surface area contributed by atoms with E-state index in [-0.39, 0.29) is 18.2 Å². The highest BCUT2D eigenvalue weighted by Crippen LogP contribution is 2.25. The van der Waals surface area contributed by atoms with Crippen LogP contribution in [0.4, 0.5) is 0 Å². The maximum Gasteiger partial charge on any atom is 0.272 e. The van der Waals surface area contributed by atoms with Gasteiger partial charge in [0.1, 0.15) is 5.69 Å². The molecule has 0 aliphatic heterocycles. The third-order valence-corrected chi connectivity index (χ3v) is 4.46. The first-order chi connectivity index (χ1) is 11.0. The summed E-state index contributed by atoms with van der Waals surface area (Å²) < 4.78 is 0. The normalized spacial score (nSPS) is 15.4. The molecule has 1 aromatic rings. The van der Waals surface area contributed by atoms with E-state index >= 15 is 0 Å². The van der Waals surface area contributed by atoms with Crippen molar-refractivity contribution in [3.05, 3.63) is 29.1 Å². The maximum atomic E-state index is 12.7. The summed E-state index contributed by atoms with van der Waals surface area (Å²) in [5.41, 5.74) is 6.51. The Morgan fingerprint density at radius 2 is 2.04 bits per heavy atom. The van der Waals surface area contributed by atoms with E-state index in [4.69, 9.17) is 5.73 Å². The van der Waals surface area contributed by atoms with Crippen LogP contribution in [0.3, 0.4) is 0 Å². The molecule has 1 aliphatic rings. The first-order valence-corrected chi connectivity index (χ1v) is 8.19. The second-order valence-corrected chi connectivity index (χ2v) is 6.23. The van der Waals surface area contributed by atoms with Gasteiger partial charge in [0.05, 0.1) is 12.2 Å². The minimum absolute atomic E-state index is 0.0726. The molecule has 2 rings (SSSR count). The predicted molar refractivity (Wildman–Crippen MR) is 87.1 cm³/mol. The fourth-order valence-electron chi connectivity index (χ4n) is 3.17. The molecule has 1 heterocycles. The molecule has 0 atom stereocenters. The van der Waals surface area contributed by atoms with Crippen LogP contribution < -0.4 is 5.73 Å². The fourth-order valence-corrected chi connectivity index (χ4v) is 3.17. The number of nitrogens with zero attached hydrogens (tertiary/aromatic N) is 2. The average Bonchev–Trinajstić information content (AvgIpc) is 2.54. The molecule has 1 aliphatic carbocycles. The minimum Gasteiger partial charge on any atom is -0.395 e. The van der Waals surface area contributed by atoms with Crippen molar-refractivity contribution in [3.8, 4) is 0 Å². The van der Waals surface area contributed by atoms with Gasteiger partial charge in [-0.3, -0.25) is 14.6 Å². The van der Waals surface area contributed by atoms with Gasteiger partial charge in [-0.1, -0.05) is 19.3 Å². The van der Waals surface area contributed by atoms with Crippen molar-refractivity contribution in [1.82, 2.24) is 9.88 Å². The molecule has 0 aromatic carbocycles. The second-order valence-electron chi connectivity index (χ2n) is 6.23. The first kappa shape index (κ1) is 17.4. The lowest BCUT2D eigenvalue weighted by Gasteiger charge is -2.29. The summed E-state index contributed by atoms with van der Waals surface area (Å²) in [6.45, 7) is 2.61. The number of carbonyl (C=O) groups is 2. The topological polar surface area (TPSA) is 96.5 Å². The molecule has 6 nitrogen and oxygen atoms in total. The van der Waals surface area contributed by atoms with Gasteiger partial charge in [-0.25, -0.2) is 0 Å². The van der Waals surface area contributed by atoms with Gasteiger partial charge >= 0.3 is 0 Å². The summed E-state index contributed by atoms with van der Waals surface area (Å²) in [4.78, 5) is 29.7. The zero-order valence-corrected chi connectivity index (χ0v) is 13.6. The van der Waals surface area contributed by atoms with E-state index in [2.05, 4.69) is 4.98 Å². The van der Waals surface area contributed by atoms with Gasteiger partial charge < -0.3 is 15.7 Å². The molecule has 3 N–H and O–H groups in total. The van der Waals surface area contributed by atoms with Crippen molar-refractivity contribution in [1.29, 1.82) is 0 Å². The van der Waals surface area contributed by atoms with Crippen LogP contribution in [-0.4, -0.2) is 46.5 Å². The Hall–Kier alpha value is -1.95. The van der Waals surface area contributed by atoms with Crippen LogP contribution in [0.1, 0.15) is 58.5 Å². The molecule has 1 saturated carbocycles. The number of aliphatic hydroxyl groups excluding tert-OH is 1. The predicted octanol–water partition coefficient (Wildman–Crippen LogP) is 1.50. The van der Waals surface area contributed by atoms with Gasteiger partial charge in [0, 0.05) is 19.3 Å². The Morgan fingerprint density at radius 3 is 2.61 bits per heavy atom. The quantitative estimate of drug-likeness (QED) is 0.830. The zero-order valence-electron chi connectivity index (χ0n) is 13.6. The van der Waals surface area contributed by atoms with E-state index in [1.165, 1.54) is 25.5 Å². The largest absolute Gasteiger partial charge is 0.395 e. The van der Waals surface area contributed by atoms with E-state index in [9.17, 15) is 14.7 Å². The summed E-state index contributed by atoms with van der Waals surface area (Å²) in [5, 5.41) is 9.26. The molecule has 0 spiro atoms. The third kappa shape index (κ3) is 4.51. The molecule has 1 fully saturated rings. The summed E-state index contributed by atoms with van der Waals surface area (Å²) in [7, 11) is 0. The lowest BCUT2D eigenvalue weighted by atomic mass is 9.89. The fraction of sp³-hybridized carbons (Fsp3) is 0.588. The second kappa shape index (κ2) is 8.06. The average molecular weight is 319 g/mol. The van der Waals surface area contributed by atoms with Crippen molar-refractivity contribution in [3.63, 3.8) is 0 Å². The maximum absolute atomic E-state index is 12.7. The number of hydrogen-bond donors (Lipinski definition) is 2. The SMILES string of the molecule is Cc1cc(C(=O)N(CCO)CC2CCCCC2)ncc1C(N)=O. The molecule has 0 unspecified atom stereocenters. The number of nitrogens with two attached hydrogens (primary N) is 1. The highest BCUT2D eigenvalue weighted by Gasteiger charge is 2.23. The molecule has 0 radical (unpaired) electrons. The van der Waals surface area contributed by atoms with Crippen molar-refractivity contribution < 1.29 is 14.7 Å². The lowest BCUT2D eigenvalue weighted by molar-refractivity contribution is 0.0669. The summed E-state index contributed by atoms with van der Waals surface area (Å²) >= 11 is 0. The molecule has 0 saturated heterocycles. The Bertz CT molecular complexity index is 568. The van der Waals surface area contributed by atoms with Crippen molar-refractivity contribution >= 4 is 11.8 Å². The standard InChI is InChI=1S/C17H25N3O3/c1-12-9-15(19-10-14(12)16(18)22)17(23)20(7-8-21)11-13-5-3-2-4-6-13/h9-10,13,21H,2-8,11H2,1H3,(H2,18,22). The van der Waals surface area contributed by atoms with Gasteiger partial charge in [-0.15, -0.1) is 0 Å². The Balaban J connectivity index is 2.13. The molecule has 0 bridgehead atoms. The molecule has 1 aromatic heterocycles. The highest BCUT2D eigenvalue weighted by atomic mass is 16.3. The van der Waals surface area contributed by atoms with Gasteiger partial charge in [0.2, 0.25) is 0 Å². The van der Waals surface area contributed by atoms with Gasteiger partial charge in [0.25, 0.3) is 11.8 Å². The first-order valence-electron chi connectivity index (χ1n) is 8.19. The zero-order chi connectivity index (χ0) is 16.8. The smallest absolute Gasteiger partial charge is 0.272 e. The summed E-state index contributed by atoms with van der Waals surface area (Å²) in [5.74, 6) is -0.266. The number of carbonyl (C=O) groups excluding carboxylic acids is 2. The van der Waals surface area contributed by atoms with Gasteiger partial charge in [0.15, 0.2) is 0 Å². The van der Waals surface area contributed by atoms with Crippen LogP contribution in [0.15, 0.2) is 12.3 Å². The highest BCUT2D eigenvalue weighted by molar-refractivity contribution is 5.96. The van der Waals surface area contributed by atoms with E-state index in [0.29, 0.717) is 30.1 Å². The number of hydrogen-bond acceptors (Lipinski definition) is 4. The van der Waals surface area contributed by atoms with Crippen LogP contribution in [0.25, 0.3) is 0 Å². The van der Waals surface area contributed by atoms with Crippen LogP contribution in [0.2, 0.25) is 0 Å². The van der Waals surface area contributed by atoms with Gasteiger partial charge in [-0.2, -0.15) is 0 Å². The van der Waals surface area contributed by atoms with E-state index < -0.39 is 5.91 Å². The molecule has 126 valence electrons. The molecule has 2 amide bonds. The monoisotopic (exact) mass is 319 g/mol. The number of aromatic nitrogens is 1. The Kier molecular flexibility index (Phi) is 6.10. The van der Waals surface area contributed by atoms with Crippen molar-refractivity contribution in [2.24, 2.45) is 11.7 Å². The number of amides is 2. The van der Waals surface area contributed by atoms with E-state index in [1.54, 1.807) is 17.9 Å². The molecular formula is C17H25N3O3. The molecular weight excluding hydrogens is 294 g/mol. The number of primary amides is 1. The third-order valence-electron chi connectivity index (χ3n) is 4.46. The Labute approximate surface area is 136 Å². The van der Waals surface area contributed by atoms with Crippen LogP contribution >= 0.6 is 0 Å². The number of aryl methyl sites for hydroxylation is 1.